The summed E-state index contributed by atoms with van der Waals surface area (Å²) in [5, 5.41) is 10.6. The molecule has 0 amide bonds. The van der Waals surface area contributed by atoms with Crippen LogP contribution < -0.4 is 0 Å². The van der Waals surface area contributed by atoms with Crippen LogP contribution in [0.15, 0.2) is 0 Å². The van der Waals surface area contributed by atoms with Gasteiger partial charge < -0.3 is 33.8 Å². The molecule has 0 saturated carbocycles. The SMILES string of the molecule is CC(C)CCCCCCCCCCCCCCCCCCC(=O)OC[C@H](COP(=O)(O)OCC(O)COP(=O)(O)OC[C@@H](COC(=O)CCCCCCCCCC(C)C)OC(=O)CCCCCCCCCCCC(C)C)OC(=O)CCCCCCCCCCCC(C)C. The summed E-state index contributed by atoms with van der Waals surface area (Å²) in [4.78, 5) is 72.7. The summed E-state index contributed by atoms with van der Waals surface area (Å²) in [6.45, 7) is 14.1. The maximum absolute atomic E-state index is 13.1. The molecule has 19 heteroatoms. The highest BCUT2D eigenvalue weighted by Gasteiger charge is 2.30. The van der Waals surface area contributed by atoms with Gasteiger partial charge in [0.25, 0.3) is 0 Å². The van der Waals surface area contributed by atoms with Crippen LogP contribution >= 0.6 is 15.6 Å². The summed E-state index contributed by atoms with van der Waals surface area (Å²) in [5.74, 6) is 0.865. The van der Waals surface area contributed by atoms with E-state index in [1.54, 1.807) is 0 Å². The molecule has 0 heterocycles. The Morgan fingerprint density at radius 1 is 0.269 bits per heavy atom. The van der Waals surface area contributed by atoms with Gasteiger partial charge in [0.2, 0.25) is 0 Å². The monoisotopic (exact) mass is 1370 g/mol. The fraction of sp³-hybridized carbons (Fsp3) is 0.946. The first kappa shape index (κ1) is 91.1. The van der Waals surface area contributed by atoms with E-state index in [-0.39, 0.29) is 25.7 Å². The lowest BCUT2D eigenvalue weighted by atomic mass is 10.0. The number of aliphatic hydroxyl groups is 1. The van der Waals surface area contributed by atoms with E-state index < -0.39 is 97.5 Å². The highest BCUT2D eigenvalue weighted by Crippen LogP contribution is 2.45. The highest BCUT2D eigenvalue weighted by molar-refractivity contribution is 7.47. The fourth-order valence-corrected chi connectivity index (χ4v) is 12.8. The first-order valence-corrected chi connectivity index (χ1v) is 41.2. The van der Waals surface area contributed by atoms with Gasteiger partial charge >= 0.3 is 39.5 Å². The Balaban J connectivity index is 5.20. The molecule has 0 saturated heterocycles. The number of unbranched alkanes of at least 4 members (excludes halogenated alkanes) is 37. The number of phosphoric ester groups is 2. The Bertz CT molecular complexity index is 1830. The lowest BCUT2D eigenvalue weighted by Crippen LogP contribution is -2.30. The van der Waals surface area contributed by atoms with E-state index in [0.29, 0.717) is 31.6 Å². The van der Waals surface area contributed by atoms with E-state index in [4.69, 9.17) is 37.0 Å². The van der Waals surface area contributed by atoms with Crippen LogP contribution in [0.25, 0.3) is 0 Å². The molecular formula is C74H144O17P2. The number of esters is 4. The van der Waals surface area contributed by atoms with Gasteiger partial charge in [0, 0.05) is 25.7 Å². The first-order chi connectivity index (χ1) is 44.6. The third-order valence-corrected chi connectivity index (χ3v) is 19.0. The van der Waals surface area contributed by atoms with Crippen molar-refractivity contribution < 1.29 is 80.2 Å². The normalized spacial score (nSPS) is 14.2. The zero-order valence-corrected chi connectivity index (χ0v) is 62.7. The molecule has 552 valence electrons. The third-order valence-electron chi connectivity index (χ3n) is 17.1. The minimum Gasteiger partial charge on any atom is -0.462 e. The number of carbonyl (C=O) groups is 4. The van der Waals surface area contributed by atoms with Gasteiger partial charge in [0.15, 0.2) is 12.2 Å². The molecule has 0 bridgehead atoms. The number of hydrogen-bond acceptors (Lipinski definition) is 15. The Kier molecular flexibility index (Phi) is 62.2. The van der Waals surface area contributed by atoms with Crippen LogP contribution in [0.4, 0.5) is 0 Å². The molecule has 0 aromatic carbocycles. The lowest BCUT2D eigenvalue weighted by molar-refractivity contribution is -0.161. The second-order valence-electron chi connectivity index (χ2n) is 28.6. The smallest absolute Gasteiger partial charge is 0.462 e. The molecule has 0 rings (SSSR count). The number of carbonyl (C=O) groups excluding carboxylic acids is 4. The molecule has 0 aliphatic rings. The van der Waals surface area contributed by atoms with Gasteiger partial charge in [-0.3, -0.25) is 37.3 Å². The average molecular weight is 1370 g/mol. The largest absolute Gasteiger partial charge is 0.472 e. The highest BCUT2D eigenvalue weighted by atomic mass is 31.2. The van der Waals surface area contributed by atoms with Gasteiger partial charge in [-0.2, -0.15) is 0 Å². The third kappa shape index (κ3) is 68.4. The van der Waals surface area contributed by atoms with Crippen molar-refractivity contribution in [3.8, 4) is 0 Å². The van der Waals surface area contributed by atoms with Crippen molar-refractivity contribution in [1.82, 2.24) is 0 Å². The summed E-state index contributed by atoms with van der Waals surface area (Å²) < 4.78 is 68.4. The number of hydrogen-bond donors (Lipinski definition) is 3. The molecule has 3 unspecified atom stereocenters. The van der Waals surface area contributed by atoms with Crippen LogP contribution in [-0.4, -0.2) is 96.7 Å². The van der Waals surface area contributed by atoms with Crippen LogP contribution in [0.3, 0.4) is 0 Å². The zero-order chi connectivity index (χ0) is 68.9. The first-order valence-electron chi connectivity index (χ1n) is 38.2. The van der Waals surface area contributed by atoms with E-state index in [2.05, 4.69) is 55.4 Å². The van der Waals surface area contributed by atoms with Gasteiger partial charge in [-0.05, 0) is 49.4 Å². The average Bonchev–Trinajstić information content (AvgIpc) is 1.58. The summed E-state index contributed by atoms with van der Waals surface area (Å²) in [6.07, 6.45) is 47.4. The van der Waals surface area contributed by atoms with E-state index in [9.17, 15) is 43.2 Å². The van der Waals surface area contributed by atoms with E-state index in [0.717, 1.165) is 114 Å². The van der Waals surface area contributed by atoms with Crippen molar-refractivity contribution in [3.05, 3.63) is 0 Å². The molecule has 0 aromatic rings. The Morgan fingerprint density at radius 2 is 0.452 bits per heavy atom. The van der Waals surface area contributed by atoms with Crippen LogP contribution in [0.1, 0.15) is 370 Å². The van der Waals surface area contributed by atoms with E-state index in [1.807, 2.05) is 0 Å². The van der Waals surface area contributed by atoms with Gasteiger partial charge in [0.05, 0.1) is 26.4 Å². The molecule has 0 aliphatic heterocycles. The Hall–Kier alpha value is -1.94. The number of ether oxygens (including phenoxy) is 4. The molecule has 0 spiro atoms. The lowest BCUT2D eigenvalue weighted by Gasteiger charge is -2.21. The van der Waals surface area contributed by atoms with Crippen LogP contribution in [0.5, 0.6) is 0 Å². The standard InChI is InChI=1S/C74H144O17P2/c1-64(2)50-42-34-26-19-15-13-11-9-10-12-14-16-22-30-38-46-54-71(76)84-60-69(90-73(78)56-48-40-31-23-17-20-27-35-43-51-65(3)4)62-88-92(80,81)86-58-68(75)59-87-93(82,83)89-63-70(61-85-72(77)55-47-39-33-25-29-37-45-53-67(7)8)91-74(79)57-49-41-32-24-18-21-28-36-44-52-66(5)6/h64-70,75H,9-63H2,1-8H3,(H,80,81)(H,82,83)/t68?,69-,70-/m1/s1. The Morgan fingerprint density at radius 3 is 0.667 bits per heavy atom. The molecule has 3 N–H and O–H groups in total. The molecule has 17 nitrogen and oxygen atoms in total. The maximum atomic E-state index is 13.1. The van der Waals surface area contributed by atoms with Crippen molar-refractivity contribution in [2.24, 2.45) is 23.7 Å². The molecule has 0 radical (unpaired) electrons. The summed E-state index contributed by atoms with van der Waals surface area (Å²) in [7, 11) is -9.91. The molecule has 0 aliphatic carbocycles. The van der Waals surface area contributed by atoms with Crippen LogP contribution in [-0.2, 0) is 65.4 Å². The van der Waals surface area contributed by atoms with E-state index >= 15 is 0 Å². The molecule has 0 fully saturated rings. The Labute approximate surface area is 568 Å². The van der Waals surface area contributed by atoms with Crippen LogP contribution in [0.2, 0.25) is 0 Å². The second-order valence-corrected chi connectivity index (χ2v) is 31.5. The second kappa shape index (κ2) is 63.5. The maximum Gasteiger partial charge on any atom is 0.472 e. The quantitative estimate of drug-likeness (QED) is 0.0222. The zero-order valence-electron chi connectivity index (χ0n) is 60.9. The van der Waals surface area contributed by atoms with Crippen molar-refractivity contribution >= 4 is 39.5 Å². The minimum atomic E-state index is -4.96. The summed E-state index contributed by atoms with van der Waals surface area (Å²) in [5.41, 5.74) is 0. The van der Waals surface area contributed by atoms with Crippen molar-refractivity contribution in [1.29, 1.82) is 0 Å². The number of rotatable bonds is 71. The minimum absolute atomic E-state index is 0.104. The van der Waals surface area contributed by atoms with Gasteiger partial charge in [0.1, 0.15) is 19.3 Å². The van der Waals surface area contributed by atoms with Crippen LogP contribution in [0, 0.1) is 23.7 Å². The molecule has 0 aromatic heterocycles. The predicted molar refractivity (Wildman–Crippen MR) is 377 cm³/mol. The van der Waals surface area contributed by atoms with Crippen molar-refractivity contribution in [2.75, 3.05) is 39.6 Å². The molecule has 5 atom stereocenters. The summed E-state index contributed by atoms with van der Waals surface area (Å²) >= 11 is 0. The number of phosphoric acid groups is 2. The molecular weight excluding hydrogens is 1220 g/mol. The van der Waals surface area contributed by atoms with Crippen molar-refractivity contribution in [3.63, 3.8) is 0 Å². The topological polar surface area (TPSA) is 237 Å². The van der Waals surface area contributed by atoms with Gasteiger partial charge in [-0.1, -0.05) is 319 Å². The van der Waals surface area contributed by atoms with Gasteiger partial charge in [-0.25, -0.2) is 9.13 Å². The van der Waals surface area contributed by atoms with Gasteiger partial charge in [-0.15, -0.1) is 0 Å². The summed E-state index contributed by atoms with van der Waals surface area (Å²) in [6, 6.07) is 0. The number of aliphatic hydroxyl groups excluding tert-OH is 1. The fourth-order valence-electron chi connectivity index (χ4n) is 11.2. The van der Waals surface area contributed by atoms with E-state index in [1.165, 1.54) is 167 Å². The predicted octanol–water partition coefficient (Wildman–Crippen LogP) is 21.3. The van der Waals surface area contributed by atoms with Crippen molar-refractivity contribution in [2.45, 2.75) is 388 Å². The molecule has 93 heavy (non-hydrogen) atoms.